The third-order valence-electron chi connectivity index (χ3n) is 4.71. The van der Waals surface area contributed by atoms with Crippen molar-refractivity contribution in [2.24, 2.45) is 0 Å². The smallest absolute Gasteiger partial charge is 0.420 e. The molecule has 2 heterocycles. The molecule has 1 aromatic heterocycles. The van der Waals surface area contributed by atoms with E-state index in [4.69, 9.17) is 26.4 Å². The Hall–Kier alpha value is -3.07. The van der Waals surface area contributed by atoms with Gasteiger partial charge in [0.15, 0.2) is 10.7 Å². The number of carbonyl (C=O) groups excluding carboxylic acids is 2. The van der Waals surface area contributed by atoms with Crippen molar-refractivity contribution >= 4 is 41.2 Å². The molecular weight excluding hydrogens is 497 g/mol. The summed E-state index contributed by atoms with van der Waals surface area (Å²) < 4.78 is 56.5. The first-order valence-electron chi connectivity index (χ1n) is 10.4. The number of ether oxygens (including phenoxy) is 3. The first-order chi connectivity index (χ1) is 16.1. The number of hydrogen-bond acceptors (Lipinski definition) is 7. The largest absolute Gasteiger partial charge is 0.477 e. The van der Waals surface area contributed by atoms with E-state index in [1.54, 1.807) is 27.7 Å². The summed E-state index contributed by atoms with van der Waals surface area (Å²) in [6, 6.07) is 1.33. The zero-order valence-corrected chi connectivity index (χ0v) is 20.3. The fourth-order valence-electron chi connectivity index (χ4n) is 3.12. The van der Waals surface area contributed by atoms with Crippen LogP contribution in [0.15, 0.2) is 12.3 Å². The zero-order valence-electron chi connectivity index (χ0n) is 19.5. The highest BCUT2D eigenvalue weighted by Gasteiger charge is 2.64. The number of halogens is 3. The van der Waals surface area contributed by atoms with Gasteiger partial charge in [0.25, 0.3) is 0 Å². The second-order valence-electron chi connectivity index (χ2n) is 8.52. The van der Waals surface area contributed by atoms with Crippen LogP contribution in [0.1, 0.15) is 38.2 Å². The molecule has 3 N–H and O–H groups in total. The fraction of sp³-hybridized carbons (Fsp3) is 0.600. The van der Waals surface area contributed by atoms with Crippen molar-refractivity contribution in [1.82, 2.24) is 15.2 Å². The lowest BCUT2D eigenvalue weighted by Crippen LogP contribution is -2.72. The summed E-state index contributed by atoms with van der Waals surface area (Å²) in [6.07, 6.45) is -5.34. The molecule has 0 bridgehead atoms. The van der Waals surface area contributed by atoms with Crippen molar-refractivity contribution < 1.29 is 46.9 Å². The number of hydrogen-bond donors (Lipinski definition) is 3. The maximum Gasteiger partial charge on any atom is 0.420 e. The minimum Gasteiger partial charge on any atom is -0.477 e. The maximum atomic E-state index is 13.8. The number of likely N-dealkylation sites (tertiary alicyclic amines) is 1. The molecule has 1 aliphatic rings. The van der Waals surface area contributed by atoms with Gasteiger partial charge in [0.2, 0.25) is 0 Å². The number of carboxylic acid groups (broad SMARTS) is 1. The molecule has 0 radical (unpaired) electrons. The monoisotopic (exact) mass is 524 g/mol. The molecule has 0 aromatic carbocycles. The number of aromatic nitrogens is 1. The van der Waals surface area contributed by atoms with Gasteiger partial charge >= 0.3 is 24.3 Å². The highest BCUT2D eigenvalue weighted by atomic mass is 32.1. The standard InChI is InChI=1S/C20H27F3N4O7S/c1-5-32-16(30)25-15(35)27(12-6-7-24-13(12)14(28)29)8-9-33-19(20(21,22)23)10-26(11-19)17(31)34-18(2,3)4/h6-7,24H,5,8-11H2,1-4H3,(H,28,29)(H,25,30,35). The van der Waals surface area contributed by atoms with Crippen LogP contribution < -0.4 is 10.2 Å². The van der Waals surface area contributed by atoms with Gasteiger partial charge in [0.1, 0.15) is 11.3 Å². The summed E-state index contributed by atoms with van der Waals surface area (Å²) in [4.78, 5) is 39.8. The number of carboxylic acids is 1. The van der Waals surface area contributed by atoms with E-state index in [9.17, 15) is 32.7 Å². The van der Waals surface area contributed by atoms with E-state index in [-0.39, 0.29) is 29.6 Å². The van der Waals surface area contributed by atoms with Gasteiger partial charge in [-0.3, -0.25) is 5.32 Å². The molecule has 0 saturated carbocycles. The van der Waals surface area contributed by atoms with Crippen LogP contribution >= 0.6 is 12.2 Å². The van der Waals surface area contributed by atoms with E-state index in [2.05, 4.69) is 10.3 Å². The molecular formula is C20H27F3N4O7S. The van der Waals surface area contributed by atoms with Crippen LogP contribution in [0, 0.1) is 0 Å². The van der Waals surface area contributed by atoms with E-state index < -0.39 is 55.2 Å². The molecule has 0 aliphatic carbocycles. The van der Waals surface area contributed by atoms with Crippen molar-refractivity contribution in [3.05, 3.63) is 18.0 Å². The Labute approximate surface area is 204 Å². The highest BCUT2D eigenvalue weighted by Crippen LogP contribution is 2.41. The normalized spacial score (nSPS) is 15.1. The number of H-pyrrole nitrogens is 1. The number of nitrogens with zero attached hydrogens (tertiary/aromatic N) is 2. The number of aromatic carboxylic acids is 1. The molecule has 1 aliphatic heterocycles. The number of rotatable bonds is 7. The highest BCUT2D eigenvalue weighted by molar-refractivity contribution is 7.80. The average molecular weight is 525 g/mol. The molecule has 0 atom stereocenters. The molecule has 2 amide bonds. The summed E-state index contributed by atoms with van der Waals surface area (Å²) in [5, 5.41) is 11.3. The van der Waals surface area contributed by atoms with E-state index >= 15 is 0 Å². The zero-order chi connectivity index (χ0) is 26.6. The summed E-state index contributed by atoms with van der Waals surface area (Å²) in [6.45, 7) is 3.88. The van der Waals surface area contributed by atoms with Crippen molar-refractivity contribution in [3.8, 4) is 0 Å². The van der Waals surface area contributed by atoms with Crippen LogP contribution in [0.25, 0.3) is 0 Å². The van der Waals surface area contributed by atoms with Crippen LogP contribution in [-0.2, 0) is 14.2 Å². The average Bonchev–Trinajstić information content (AvgIpc) is 3.13. The molecule has 196 valence electrons. The van der Waals surface area contributed by atoms with Gasteiger partial charge in [0, 0.05) is 12.7 Å². The lowest BCUT2D eigenvalue weighted by Gasteiger charge is -2.49. The molecule has 1 fully saturated rings. The van der Waals surface area contributed by atoms with Gasteiger partial charge in [-0.2, -0.15) is 13.2 Å². The summed E-state index contributed by atoms with van der Waals surface area (Å²) in [5.41, 5.74) is -3.83. The molecule has 2 rings (SSSR count). The number of alkyl halides is 3. The molecule has 35 heavy (non-hydrogen) atoms. The third-order valence-corrected chi connectivity index (χ3v) is 5.04. The lowest BCUT2D eigenvalue weighted by molar-refractivity contribution is -0.312. The van der Waals surface area contributed by atoms with Crippen molar-refractivity contribution in [3.63, 3.8) is 0 Å². The molecule has 0 unspecified atom stereocenters. The van der Waals surface area contributed by atoms with Crippen LogP contribution in [0.3, 0.4) is 0 Å². The Bertz CT molecular complexity index is 955. The third kappa shape index (κ3) is 6.97. The quantitative estimate of drug-likeness (QED) is 0.460. The lowest BCUT2D eigenvalue weighted by atomic mass is 9.93. The first kappa shape index (κ1) is 28.2. The predicted octanol–water partition coefficient (Wildman–Crippen LogP) is 3.12. The molecule has 0 spiro atoms. The number of anilines is 1. The van der Waals surface area contributed by atoms with Crippen LogP contribution in [0.2, 0.25) is 0 Å². The van der Waals surface area contributed by atoms with Gasteiger partial charge in [0.05, 0.1) is 32.0 Å². The molecule has 15 heteroatoms. The maximum absolute atomic E-state index is 13.8. The second kappa shape index (κ2) is 10.7. The minimum absolute atomic E-state index is 0.00653. The van der Waals surface area contributed by atoms with Crippen molar-refractivity contribution in [1.29, 1.82) is 0 Å². The van der Waals surface area contributed by atoms with E-state index in [1.807, 2.05) is 0 Å². The summed E-state index contributed by atoms with van der Waals surface area (Å²) in [5.74, 6) is -1.35. The Balaban J connectivity index is 2.15. The number of amides is 2. The van der Waals surface area contributed by atoms with Gasteiger partial charge < -0.3 is 34.1 Å². The van der Waals surface area contributed by atoms with Gasteiger partial charge in [-0.15, -0.1) is 0 Å². The van der Waals surface area contributed by atoms with Crippen LogP contribution in [0.5, 0.6) is 0 Å². The fourth-order valence-corrected chi connectivity index (χ4v) is 3.39. The van der Waals surface area contributed by atoms with Crippen LogP contribution in [-0.4, -0.2) is 88.5 Å². The molecule has 1 aromatic rings. The first-order valence-corrected chi connectivity index (χ1v) is 10.9. The number of nitrogens with one attached hydrogen (secondary N) is 2. The van der Waals surface area contributed by atoms with Gasteiger partial charge in [-0.1, -0.05) is 0 Å². The topological polar surface area (TPSA) is 133 Å². The summed E-state index contributed by atoms with van der Waals surface area (Å²) in [7, 11) is 0. The minimum atomic E-state index is -4.81. The molecule has 1 saturated heterocycles. The van der Waals surface area contributed by atoms with E-state index in [0.29, 0.717) is 0 Å². The number of thiocarbonyl (C=S) groups is 1. The Morgan fingerprint density at radius 2 is 1.91 bits per heavy atom. The van der Waals surface area contributed by atoms with Gasteiger partial charge in [-0.25, -0.2) is 14.4 Å². The van der Waals surface area contributed by atoms with Crippen molar-refractivity contribution in [2.45, 2.75) is 45.1 Å². The summed E-state index contributed by atoms with van der Waals surface area (Å²) >= 11 is 5.15. The molecule has 11 nitrogen and oxygen atoms in total. The van der Waals surface area contributed by atoms with E-state index in [0.717, 1.165) is 9.80 Å². The SMILES string of the molecule is CCOC(=O)NC(=S)N(CCOC1(C(F)(F)F)CN(C(=O)OC(C)(C)C)C1)c1cc[nH]c1C(=O)O. The van der Waals surface area contributed by atoms with Crippen LogP contribution in [0.4, 0.5) is 28.4 Å². The number of carbonyl (C=O) groups is 3. The number of aromatic amines is 1. The number of alkyl carbamates (subject to hydrolysis) is 1. The Kier molecular flexibility index (Phi) is 8.60. The van der Waals surface area contributed by atoms with Gasteiger partial charge in [-0.05, 0) is 46.0 Å². The van der Waals surface area contributed by atoms with E-state index in [1.165, 1.54) is 12.3 Å². The second-order valence-corrected chi connectivity index (χ2v) is 8.91. The van der Waals surface area contributed by atoms with Crippen molar-refractivity contribution in [2.75, 3.05) is 37.7 Å². The predicted molar refractivity (Wildman–Crippen MR) is 120 cm³/mol. The Morgan fingerprint density at radius 3 is 2.43 bits per heavy atom. The Morgan fingerprint density at radius 1 is 1.29 bits per heavy atom.